The third-order valence-electron chi connectivity index (χ3n) is 5.99. The van der Waals surface area contributed by atoms with Crippen LogP contribution in [0.2, 0.25) is 0 Å². The third-order valence-corrected chi connectivity index (χ3v) is 5.99. The zero-order valence-electron chi connectivity index (χ0n) is 20.6. The number of benzene rings is 1. The van der Waals surface area contributed by atoms with Gasteiger partial charge in [0.25, 0.3) is 5.56 Å². The van der Waals surface area contributed by atoms with Gasteiger partial charge in [0.15, 0.2) is 5.82 Å². The number of nitrogens with one attached hydrogen (secondary N) is 2. The van der Waals surface area contributed by atoms with E-state index in [0.717, 1.165) is 22.5 Å². The molecular weight excluding hydrogens is 470 g/mol. The predicted octanol–water partition coefficient (Wildman–Crippen LogP) is 4.73. The summed E-state index contributed by atoms with van der Waals surface area (Å²) < 4.78 is 6.69. The first-order valence-electron chi connectivity index (χ1n) is 11.8. The molecule has 2 N–H and O–H groups in total. The molecule has 0 aliphatic rings. The van der Waals surface area contributed by atoms with E-state index >= 15 is 0 Å². The predicted molar refractivity (Wildman–Crippen MR) is 140 cm³/mol. The lowest BCUT2D eigenvalue weighted by Crippen LogP contribution is -2.26. The van der Waals surface area contributed by atoms with E-state index in [2.05, 4.69) is 30.2 Å². The lowest BCUT2D eigenvalue weighted by Gasteiger charge is -2.18. The van der Waals surface area contributed by atoms with Crippen LogP contribution in [0.25, 0.3) is 33.5 Å². The van der Waals surface area contributed by atoms with Crippen LogP contribution in [-0.2, 0) is 4.74 Å². The number of aromatic amines is 1. The van der Waals surface area contributed by atoms with E-state index in [1.807, 2.05) is 50.2 Å². The van der Waals surface area contributed by atoms with Crippen LogP contribution in [0.4, 0.5) is 10.7 Å². The Labute approximate surface area is 212 Å². The van der Waals surface area contributed by atoms with Crippen LogP contribution in [0.15, 0.2) is 71.9 Å². The Kier molecular flexibility index (Phi) is 6.46. The van der Waals surface area contributed by atoms with E-state index in [1.165, 1.54) is 0 Å². The number of imidazole rings is 1. The number of ether oxygens (including phenoxy) is 1. The summed E-state index contributed by atoms with van der Waals surface area (Å²) in [4.78, 5) is 46.1. The van der Waals surface area contributed by atoms with Crippen LogP contribution in [0.1, 0.15) is 31.3 Å². The molecule has 10 heteroatoms. The van der Waals surface area contributed by atoms with Gasteiger partial charge in [-0.1, -0.05) is 6.07 Å². The van der Waals surface area contributed by atoms with Crippen LogP contribution in [-0.4, -0.2) is 42.2 Å². The fourth-order valence-electron chi connectivity index (χ4n) is 4.35. The molecule has 0 fully saturated rings. The van der Waals surface area contributed by atoms with E-state index in [9.17, 15) is 9.59 Å². The van der Waals surface area contributed by atoms with Gasteiger partial charge >= 0.3 is 6.09 Å². The number of hydrogen-bond acceptors (Lipinski definition) is 7. The Morgan fingerprint density at radius 1 is 1.05 bits per heavy atom. The topological polar surface area (TPSA) is 128 Å². The summed E-state index contributed by atoms with van der Waals surface area (Å²) in [6.45, 7) is 5.82. The molecule has 1 aromatic carbocycles. The van der Waals surface area contributed by atoms with Gasteiger partial charge in [-0.2, -0.15) is 0 Å². The highest BCUT2D eigenvalue weighted by atomic mass is 16.5. The van der Waals surface area contributed by atoms with Gasteiger partial charge < -0.3 is 14.3 Å². The standard InChI is InChI=1S/C27H25N7O3/c1-4-37-27(36)33-26-31-22-14-19(13-20(24(22)32-26)25-29-10-7-11-30-25)18-12-16(2)34(23(35)15-18)17(3)21-8-5-6-9-28-21/h5-15,17H,4H2,1-3H3,(H2,31,32,33,36). The molecule has 186 valence electrons. The maximum atomic E-state index is 13.3. The summed E-state index contributed by atoms with van der Waals surface area (Å²) >= 11 is 0. The lowest BCUT2D eigenvalue weighted by molar-refractivity contribution is 0.167. The molecule has 5 rings (SSSR count). The molecule has 1 atom stereocenters. The SMILES string of the molecule is CCOC(=O)Nc1nc2c(-c3ncccn3)cc(-c3cc(C)n(C(C)c4ccccn4)c(=O)c3)cc2[nH]1. The molecule has 0 radical (unpaired) electrons. The van der Waals surface area contributed by atoms with Crippen molar-refractivity contribution in [3.05, 3.63) is 88.9 Å². The summed E-state index contributed by atoms with van der Waals surface area (Å²) in [5, 5.41) is 2.60. The van der Waals surface area contributed by atoms with Gasteiger partial charge in [0, 0.05) is 35.9 Å². The first kappa shape index (κ1) is 23.9. The Balaban J connectivity index is 1.62. The number of carbonyl (C=O) groups excluding carboxylic acids is 1. The molecule has 4 heterocycles. The van der Waals surface area contributed by atoms with Crippen LogP contribution < -0.4 is 10.9 Å². The molecule has 1 unspecified atom stereocenters. The van der Waals surface area contributed by atoms with Crippen molar-refractivity contribution in [2.75, 3.05) is 11.9 Å². The van der Waals surface area contributed by atoms with Gasteiger partial charge in [0.1, 0.15) is 5.52 Å². The molecular formula is C27H25N7O3. The minimum Gasteiger partial charge on any atom is -0.450 e. The molecule has 0 spiro atoms. The molecule has 0 saturated carbocycles. The number of fused-ring (bicyclic) bond motifs is 1. The smallest absolute Gasteiger partial charge is 0.413 e. The zero-order chi connectivity index (χ0) is 25.9. The summed E-state index contributed by atoms with van der Waals surface area (Å²) in [5.74, 6) is 0.705. The van der Waals surface area contributed by atoms with Crippen molar-refractivity contribution in [3.63, 3.8) is 0 Å². The van der Waals surface area contributed by atoms with Gasteiger partial charge in [-0.05, 0) is 68.3 Å². The van der Waals surface area contributed by atoms with Crippen molar-refractivity contribution < 1.29 is 9.53 Å². The molecule has 0 aliphatic carbocycles. The number of aromatic nitrogens is 6. The van der Waals surface area contributed by atoms with E-state index in [0.29, 0.717) is 22.4 Å². The summed E-state index contributed by atoms with van der Waals surface area (Å²) in [6.07, 6.45) is 4.41. The Morgan fingerprint density at radius 2 is 1.81 bits per heavy atom. The van der Waals surface area contributed by atoms with Gasteiger partial charge in [-0.15, -0.1) is 0 Å². The Hall–Kier alpha value is -4.86. The first-order chi connectivity index (χ1) is 17.9. The fourth-order valence-corrected chi connectivity index (χ4v) is 4.35. The van der Waals surface area contributed by atoms with Gasteiger partial charge in [-0.25, -0.2) is 19.7 Å². The van der Waals surface area contributed by atoms with Crippen LogP contribution in [0.3, 0.4) is 0 Å². The van der Waals surface area contributed by atoms with Crippen molar-refractivity contribution >= 4 is 23.1 Å². The average molecular weight is 496 g/mol. The number of nitrogens with zero attached hydrogens (tertiary/aromatic N) is 5. The number of H-pyrrole nitrogens is 1. The lowest BCUT2D eigenvalue weighted by atomic mass is 10.0. The minimum atomic E-state index is -0.611. The highest BCUT2D eigenvalue weighted by Gasteiger charge is 2.18. The quantitative estimate of drug-likeness (QED) is 0.348. The summed E-state index contributed by atoms with van der Waals surface area (Å²) in [7, 11) is 0. The van der Waals surface area contributed by atoms with Gasteiger partial charge in [0.05, 0.1) is 23.9 Å². The van der Waals surface area contributed by atoms with Crippen molar-refractivity contribution in [3.8, 4) is 22.5 Å². The minimum absolute atomic E-state index is 0.139. The monoisotopic (exact) mass is 495 g/mol. The fraction of sp³-hybridized carbons (Fsp3) is 0.185. The summed E-state index contributed by atoms with van der Waals surface area (Å²) in [5.41, 5.74) is 4.87. The molecule has 0 bridgehead atoms. The average Bonchev–Trinajstić information content (AvgIpc) is 3.31. The number of rotatable bonds is 6. The van der Waals surface area contributed by atoms with E-state index in [-0.39, 0.29) is 24.2 Å². The summed E-state index contributed by atoms with van der Waals surface area (Å²) in [6, 6.07) is 14.5. The Morgan fingerprint density at radius 3 is 2.51 bits per heavy atom. The number of amides is 1. The maximum Gasteiger partial charge on any atom is 0.413 e. The molecule has 4 aromatic heterocycles. The first-order valence-corrected chi connectivity index (χ1v) is 11.8. The van der Waals surface area contributed by atoms with E-state index in [4.69, 9.17) is 4.74 Å². The van der Waals surface area contributed by atoms with E-state index < -0.39 is 6.09 Å². The van der Waals surface area contributed by atoms with Crippen molar-refractivity contribution in [2.45, 2.75) is 26.8 Å². The largest absolute Gasteiger partial charge is 0.450 e. The number of carbonyl (C=O) groups is 1. The molecule has 37 heavy (non-hydrogen) atoms. The normalized spacial score (nSPS) is 11.9. The van der Waals surface area contributed by atoms with Crippen LogP contribution in [0.5, 0.6) is 0 Å². The number of pyridine rings is 2. The van der Waals surface area contributed by atoms with Crippen LogP contribution in [0, 0.1) is 6.92 Å². The van der Waals surface area contributed by atoms with Crippen molar-refractivity contribution in [2.24, 2.45) is 0 Å². The van der Waals surface area contributed by atoms with Crippen LogP contribution >= 0.6 is 0 Å². The molecule has 1 amide bonds. The molecule has 0 aliphatic heterocycles. The number of hydrogen-bond donors (Lipinski definition) is 2. The highest BCUT2D eigenvalue weighted by Crippen LogP contribution is 2.32. The van der Waals surface area contributed by atoms with Crippen molar-refractivity contribution in [1.29, 1.82) is 0 Å². The molecule has 0 saturated heterocycles. The second-order valence-electron chi connectivity index (χ2n) is 8.45. The Bertz CT molecular complexity index is 1630. The highest BCUT2D eigenvalue weighted by molar-refractivity contribution is 5.96. The third kappa shape index (κ3) is 4.81. The second kappa shape index (κ2) is 10.0. The zero-order valence-corrected chi connectivity index (χ0v) is 20.6. The van der Waals surface area contributed by atoms with Gasteiger partial charge in [0.2, 0.25) is 5.95 Å². The second-order valence-corrected chi connectivity index (χ2v) is 8.45. The molecule has 5 aromatic rings. The number of aryl methyl sites for hydroxylation is 1. The number of anilines is 1. The molecule has 10 nitrogen and oxygen atoms in total. The maximum absolute atomic E-state index is 13.3. The van der Waals surface area contributed by atoms with Gasteiger partial charge in [-0.3, -0.25) is 15.1 Å². The van der Waals surface area contributed by atoms with E-state index in [1.54, 1.807) is 42.2 Å². The van der Waals surface area contributed by atoms with Crippen molar-refractivity contribution in [1.82, 2.24) is 29.5 Å².